The predicted molar refractivity (Wildman–Crippen MR) is 105 cm³/mol. The van der Waals surface area contributed by atoms with E-state index in [1.54, 1.807) is 0 Å². The molecule has 1 saturated carbocycles. The lowest BCUT2D eigenvalue weighted by Gasteiger charge is -2.21. The fourth-order valence-electron chi connectivity index (χ4n) is 3.43. The lowest BCUT2D eigenvalue weighted by Crippen LogP contribution is -2.35. The maximum atomic E-state index is 12.6. The van der Waals surface area contributed by atoms with E-state index in [1.807, 2.05) is 60.7 Å². The number of hydrogen-bond donors (Lipinski definition) is 1. The highest BCUT2D eigenvalue weighted by Crippen LogP contribution is 2.49. The first-order chi connectivity index (χ1) is 13.0. The molecule has 1 fully saturated rings. The molecule has 1 atom stereocenters. The molecule has 1 amide bonds. The first kappa shape index (κ1) is 19.2. The second-order valence-corrected chi connectivity index (χ2v) is 7.68. The molecule has 1 N–H and O–H groups in total. The highest BCUT2D eigenvalue weighted by molar-refractivity contribution is 5.89. The Bertz CT molecular complexity index is 767. The minimum absolute atomic E-state index is 0.0820. The number of carbonyl (C=O) groups excluding carboxylic acids is 2. The Morgan fingerprint density at radius 1 is 1.00 bits per heavy atom. The molecule has 142 valence electrons. The molecule has 0 bridgehead atoms. The summed E-state index contributed by atoms with van der Waals surface area (Å²) in [6.07, 6.45) is 2.38. The summed E-state index contributed by atoms with van der Waals surface area (Å²) in [5.41, 5.74) is 1.48. The topological polar surface area (TPSA) is 55.4 Å². The Balaban J connectivity index is 1.57. The summed E-state index contributed by atoms with van der Waals surface area (Å²) in [7, 11) is 0. The molecule has 4 heteroatoms. The number of carbonyl (C=O) groups is 2. The molecular formula is C23H27NO3. The lowest BCUT2D eigenvalue weighted by atomic mass is 9.96. The van der Waals surface area contributed by atoms with E-state index in [0.717, 1.165) is 30.4 Å². The lowest BCUT2D eigenvalue weighted by molar-refractivity contribution is -0.151. The number of ether oxygens (including phenoxy) is 1. The Kier molecular flexibility index (Phi) is 5.94. The standard InChI is InChI=1S/C23H27NO3/c1-17(2)15-20(18-9-5-3-6-10-18)24-21(25)16-27-22(26)23(13-14-23)19-11-7-4-8-12-19/h3-12,17,20H,13-16H2,1-2H3,(H,24,25)/t20-/m1/s1. The first-order valence-corrected chi connectivity index (χ1v) is 9.58. The number of rotatable bonds is 8. The van der Waals surface area contributed by atoms with Gasteiger partial charge < -0.3 is 10.1 Å². The van der Waals surface area contributed by atoms with Gasteiger partial charge in [-0.25, -0.2) is 0 Å². The normalized spacial score (nSPS) is 15.8. The van der Waals surface area contributed by atoms with Gasteiger partial charge in [-0.3, -0.25) is 9.59 Å². The van der Waals surface area contributed by atoms with Gasteiger partial charge in [0.2, 0.25) is 0 Å². The van der Waals surface area contributed by atoms with E-state index >= 15 is 0 Å². The van der Waals surface area contributed by atoms with Crippen LogP contribution in [-0.4, -0.2) is 18.5 Å². The van der Waals surface area contributed by atoms with Crippen LogP contribution in [0.5, 0.6) is 0 Å². The zero-order valence-electron chi connectivity index (χ0n) is 16.0. The predicted octanol–water partition coefficient (Wildman–Crippen LogP) is 4.17. The molecule has 27 heavy (non-hydrogen) atoms. The van der Waals surface area contributed by atoms with E-state index < -0.39 is 5.41 Å². The van der Waals surface area contributed by atoms with Gasteiger partial charge in [-0.15, -0.1) is 0 Å². The number of esters is 1. The monoisotopic (exact) mass is 365 g/mol. The summed E-state index contributed by atoms with van der Waals surface area (Å²) < 4.78 is 5.38. The first-order valence-electron chi connectivity index (χ1n) is 9.58. The SMILES string of the molecule is CC(C)C[C@@H](NC(=O)COC(=O)C1(c2ccccc2)CC1)c1ccccc1. The molecule has 2 aromatic rings. The Morgan fingerprint density at radius 2 is 1.59 bits per heavy atom. The summed E-state index contributed by atoms with van der Waals surface area (Å²) in [5, 5.41) is 3.02. The van der Waals surface area contributed by atoms with Crippen molar-refractivity contribution in [2.75, 3.05) is 6.61 Å². The maximum absolute atomic E-state index is 12.6. The van der Waals surface area contributed by atoms with Gasteiger partial charge in [-0.05, 0) is 36.3 Å². The summed E-state index contributed by atoms with van der Waals surface area (Å²) in [6.45, 7) is 4.01. The molecular weight excluding hydrogens is 338 g/mol. The summed E-state index contributed by atoms with van der Waals surface area (Å²) in [4.78, 5) is 25.0. The smallest absolute Gasteiger partial charge is 0.317 e. The second kappa shape index (κ2) is 8.38. The van der Waals surface area contributed by atoms with Gasteiger partial charge in [0.25, 0.3) is 5.91 Å². The van der Waals surface area contributed by atoms with Crippen LogP contribution >= 0.6 is 0 Å². The second-order valence-electron chi connectivity index (χ2n) is 7.68. The minimum atomic E-state index is -0.557. The van der Waals surface area contributed by atoms with Crippen molar-refractivity contribution in [1.29, 1.82) is 0 Å². The zero-order valence-corrected chi connectivity index (χ0v) is 16.0. The summed E-state index contributed by atoms with van der Waals surface area (Å²) in [6, 6.07) is 19.5. The fraction of sp³-hybridized carbons (Fsp3) is 0.391. The van der Waals surface area contributed by atoms with E-state index in [1.165, 1.54) is 0 Å². The third-order valence-electron chi connectivity index (χ3n) is 5.05. The van der Waals surface area contributed by atoms with Gasteiger partial charge >= 0.3 is 5.97 Å². The maximum Gasteiger partial charge on any atom is 0.317 e. The van der Waals surface area contributed by atoms with Gasteiger partial charge in [0.1, 0.15) is 0 Å². The number of nitrogens with one attached hydrogen (secondary N) is 1. The molecule has 0 aromatic heterocycles. The highest BCUT2D eigenvalue weighted by atomic mass is 16.5. The van der Waals surface area contributed by atoms with Crippen LogP contribution in [0.4, 0.5) is 0 Å². The van der Waals surface area contributed by atoms with E-state index in [2.05, 4.69) is 19.2 Å². The van der Waals surface area contributed by atoms with Crippen molar-refractivity contribution >= 4 is 11.9 Å². The van der Waals surface area contributed by atoms with Crippen molar-refractivity contribution in [3.8, 4) is 0 Å². The third kappa shape index (κ3) is 4.76. The van der Waals surface area contributed by atoms with Gasteiger partial charge in [-0.2, -0.15) is 0 Å². The van der Waals surface area contributed by atoms with Crippen LogP contribution in [0, 0.1) is 5.92 Å². The van der Waals surface area contributed by atoms with E-state index in [9.17, 15) is 9.59 Å². The van der Waals surface area contributed by atoms with Crippen LogP contribution in [0.3, 0.4) is 0 Å². The number of hydrogen-bond acceptors (Lipinski definition) is 3. The number of benzene rings is 2. The highest BCUT2D eigenvalue weighted by Gasteiger charge is 2.52. The van der Waals surface area contributed by atoms with Crippen molar-refractivity contribution < 1.29 is 14.3 Å². The van der Waals surface area contributed by atoms with E-state index in [4.69, 9.17) is 4.74 Å². The van der Waals surface area contributed by atoms with E-state index in [-0.39, 0.29) is 24.5 Å². The van der Waals surface area contributed by atoms with Crippen molar-refractivity contribution in [3.05, 3.63) is 71.8 Å². The molecule has 1 aliphatic carbocycles. The van der Waals surface area contributed by atoms with Crippen LogP contribution in [0.2, 0.25) is 0 Å². The average molecular weight is 365 g/mol. The van der Waals surface area contributed by atoms with Crippen LogP contribution in [0.1, 0.15) is 50.3 Å². The van der Waals surface area contributed by atoms with Gasteiger partial charge in [0, 0.05) is 0 Å². The van der Waals surface area contributed by atoms with Crippen molar-refractivity contribution in [2.24, 2.45) is 5.92 Å². The molecule has 0 aliphatic heterocycles. The molecule has 1 aliphatic rings. The molecule has 3 rings (SSSR count). The Labute approximate surface area is 160 Å². The molecule has 0 unspecified atom stereocenters. The molecule has 2 aromatic carbocycles. The van der Waals surface area contributed by atoms with Crippen molar-refractivity contribution in [2.45, 2.75) is 44.6 Å². The molecule has 0 spiro atoms. The van der Waals surface area contributed by atoms with Crippen LogP contribution in [0.15, 0.2) is 60.7 Å². The van der Waals surface area contributed by atoms with Gasteiger partial charge in [0.15, 0.2) is 6.61 Å². The molecule has 0 saturated heterocycles. The molecule has 0 radical (unpaired) electrons. The third-order valence-corrected chi connectivity index (χ3v) is 5.05. The summed E-state index contributed by atoms with van der Waals surface area (Å²) in [5.74, 6) is -0.128. The molecule has 4 nitrogen and oxygen atoms in total. The van der Waals surface area contributed by atoms with Crippen LogP contribution < -0.4 is 5.32 Å². The van der Waals surface area contributed by atoms with Gasteiger partial charge in [0.05, 0.1) is 11.5 Å². The quantitative estimate of drug-likeness (QED) is 0.715. The Morgan fingerprint density at radius 3 is 2.15 bits per heavy atom. The van der Waals surface area contributed by atoms with Crippen LogP contribution in [0.25, 0.3) is 0 Å². The zero-order chi connectivity index (χ0) is 19.3. The van der Waals surface area contributed by atoms with Gasteiger partial charge in [-0.1, -0.05) is 74.5 Å². The largest absolute Gasteiger partial charge is 0.455 e. The molecule has 0 heterocycles. The number of amides is 1. The fourth-order valence-corrected chi connectivity index (χ4v) is 3.43. The van der Waals surface area contributed by atoms with Crippen LogP contribution in [-0.2, 0) is 19.7 Å². The minimum Gasteiger partial charge on any atom is -0.455 e. The average Bonchev–Trinajstić information content (AvgIpc) is 3.49. The van der Waals surface area contributed by atoms with E-state index in [0.29, 0.717) is 5.92 Å². The Hall–Kier alpha value is -2.62. The van der Waals surface area contributed by atoms with Crippen molar-refractivity contribution in [3.63, 3.8) is 0 Å². The summed E-state index contributed by atoms with van der Waals surface area (Å²) >= 11 is 0. The van der Waals surface area contributed by atoms with Crippen molar-refractivity contribution in [1.82, 2.24) is 5.32 Å².